The molecule has 10 heteroatoms. The number of benzene rings is 3. The Hall–Kier alpha value is -5.06. The van der Waals surface area contributed by atoms with Crippen LogP contribution in [0.15, 0.2) is 84.5 Å². The molecule has 2 N–H and O–H groups in total. The lowest BCUT2D eigenvalue weighted by molar-refractivity contribution is -0.137. The van der Waals surface area contributed by atoms with Gasteiger partial charge in [0.15, 0.2) is 0 Å². The molecule has 0 bridgehead atoms. The van der Waals surface area contributed by atoms with Crippen molar-refractivity contribution in [2.45, 2.75) is 82.8 Å². The predicted octanol–water partition coefficient (Wildman–Crippen LogP) is 5.71. The number of carbonyl (C=O) groups excluding carboxylic acids is 4. The molecule has 3 amide bonds. The van der Waals surface area contributed by atoms with Gasteiger partial charge in [0.05, 0.1) is 6.54 Å². The Bertz CT molecular complexity index is 2050. The number of hydrogen-bond acceptors (Lipinski definition) is 8. The van der Waals surface area contributed by atoms with Crippen LogP contribution in [0.1, 0.15) is 89.5 Å². The smallest absolute Gasteiger partial charge is 0.255 e. The van der Waals surface area contributed by atoms with Crippen LogP contribution in [0, 0.1) is 5.92 Å². The average Bonchev–Trinajstić information content (AvgIpc) is 3.54. The van der Waals surface area contributed by atoms with Gasteiger partial charge in [-0.1, -0.05) is 48.6 Å². The Kier molecular flexibility index (Phi) is 11.2. The van der Waals surface area contributed by atoms with Gasteiger partial charge >= 0.3 is 0 Å². The molecule has 3 aromatic carbocycles. The number of piperidine rings is 1. The molecule has 4 atom stereocenters. The molecule has 5 aliphatic rings. The zero-order chi connectivity index (χ0) is 38.8. The van der Waals surface area contributed by atoms with Crippen LogP contribution in [0.25, 0.3) is 0 Å². The van der Waals surface area contributed by atoms with E-state index in [2.05, 4.69) is 70.6 Å². The summed E-state index contributed by atoms with van der Waals surface area (Å²) in [5.74, 6) is 1.14. The maximum Gasteiger partial charge on any atom is 0.255 e. The first-order valence-corrected chi connectivity index (χ1v) is 20.4. The number of hydrogen-bond donors (Lipinski definition) is 2. The summed E-state index contributed by atoms with van der Waals surface area (Å²) in [6.45, 7) is 6.96. The van der Waals surface area contributed by atoms with Gasteiger partial charge < -0.3 is 14.7 Å². The van der Waals surface area contributed by atoms with Crippen molar-refractivity contribution in [2.24, 2.45) is 5.92 Å². The zero-order valence-electron chi connectivity index (χ0n) is 32.3. The monoisotopic (exact) mass is 756 g/mol. The van der Waals surface area contributed by atoms with E-state index in [1.54, 1.807) is 11.0 Å². The van der Waals surface area contributed by atoms with Crippen LogP contribution >= 0.6 is 0 Å². The number of imide groups is 1. The molecular weight excluding hydrogens is 705 g/mol. The summed E-state index contributed by atoms with van der Waals surface area (Å²) >= 11 is 0. The van der Waals surface area contributed by atoms with Crippen molar-refractivity contribution < 1.29 is 29.0 Å². The molecule has 0 saturated carbocycles. The number of piperazine rings is 1. The van der Waals surface area contributed by atoms with E-state index < -0.39 is 11.9 Å². The molecule has 2 fully saturated rings. The molecule has 3 heterocycles. The SMILES string of the molecule is C[C@H](COc1ccc([C@@H]2c3ccc(O)cc3CC[C@@H]2C2=CCCC=C2)cc1)N1CCN(CC(=O)CCc2ccc3c(c2)CN(C2CCC(=O)NC2=O)C3=O)CC1. The number of phenols is 1. The highest BCUT2D eigenvalue weighted by Crippen LogP contribution is 2.46. The molecule has 0 spiro atoms. The third-order valence-electron chi connectivity index (χ3n) is 12.5. The second kappa shape index (κ2) is 16.6. The number of nitrogens with zero attached hydrogens (tertiary/aromatic N) is 3. The number of ether oxygens (including phenoxy) is 1. The van der Waals surface area contributed by atoms with Gasteiger partial charge in [0, 0.05) is 63.1 Å². The van der Waals surface area contributed by atoms with E-state index >= 15 is 0 Å². The maximum absolute atomic E-state index is 13.0. The van der Waals surface area contributed by atoms with Crippen LogP contribution in [0.2, 0.25) is 0 Å². The molecule has 10 nitrogen and oxygen atoms in total. The molecule has 3 aliphatic heterocycles. The number of nitrogens with one attached hydrogen (secondary N) is 1. The van der Waals surface area contributed by atoms with Gasteiger partial charge in [-0.15, -0.1) is 0 Å². The van der Waals surface area contributed by atoms with Crippen molar-refractivity contribution in [2.75, 3.05) is 39.3 Å². The summed E-state index contributed by atoms with van der Waals surface area (Å²) in [6.07, 6.45) is 12.8. The summed E-state index contributed by atoms with van der Waals surface area (Å²) < 4.78 is 6.32. The standard InChI is InChI=1S/C46H52N4O6/c1-30(29-56-38-14-9-33(10-15-38)44-39(32-5-3-2-4-6-32)17-11-34-26-36(51)13-18-40(34)44)49-23-21-48(22-24-49)28-37(52)12-7-31-8-16-41-35(25-31)27-50(46(41)55)42-19-20-43(53)47-45(42)54/h3,5-6,8-10,13-16,18,25-26,30,39,42,44,51H,2,4,7,11-12,17,19-24,27-29H2,1H3,(H,47,53,54)/t30-,39-,42?,44+/m1/s1. The number of allylic oxidation sites excluding steroid dienone is 4. The number of aromatic hydroxyl groups is 1. The van der Waals surface area contributed by atoms with E-state index in [0.29, 0.717) is 56.2 Å². The minimum atomic E-state index is -0.633. The molecule has 8 rings (SSSR count). The Labute approximate surface area is 329 Å². The summed E-state index contributed by atoms with van der Waals surface area (Å²) in [5.41, 5.74) is 7.70. The number of phenolic OH excluding ortho intramolecular Hbond substituents is 1. The van der Waals surface area contributed by atoms with Gasteiger partial charge in [-0.3, -0.25) is 34.3 Å². The van der Waals surface area contributed by atoms with Crippen molar-refractivity contribution in [3.8, 4) is 11.5 Å². The lowest BCUT2D eigenvalue weighted by Crippen LogP contribution is -2.52. The third-order valence-corrected chi connectivity index (χ3v) is 12.5. The van der Waals surface area contributed by atoms with Gasteiger partial charge in [0.1, 0.15) is 29.9 Å². The van der Waals surface area contributed by atoms with Crippen LogP contribution in [-0.4, -0.2) is 94.7 Å². The Morgan fingerprint density at radius 3 is 2.52 bits per heavy atom. The van der Waals surface area contributed by atoms with E-state index in [4.69, 9.17) is 4.74 Å². The lowest BCUT2D eigenvalue weighted by atomic mass is 9.68. The molecule has 2 aliphatic carbocycles. The summed E-state index contributed by atoms with van der Waals surface area (Å²) in [6, 6.07) is 19.8. The van der Waals surface area contributed by atoms with Crippen molar-refractivity contribution in [1.82, 2.24) is 20.0 Å². The van der Waals surface area contributed by atoms with Crippen LogP contribution in [-0.2, 0) is 33.8 Å². The highest BCUT2D eigenvalue weighted by Gasteiger charge is 2.39. The minimum absolute atomic E-state index is 0.185. The normalized spacial score (nSPS) is 23.3. The molecule has 0 aromatic heterocycles. The third kappa shape index (κ3) is 8.22. The number of fused-ring (bicyclic) bond motifs is 2. The van der Waals surface area contributed by atoms with Gasteiger partial charge in [0.25, 0.3) is 5.91 Å². The van der Waals surface area contributed by atoms with Crippen molar-refractivity contribution in [1.29, 1.82) is 0 Å². The number of amides is 3. The number of aryl methyl sites for hydroxylation is 2. The topological polar surface area (TPSA) is 119 Å². The summed E-state index contributed by atoms with van der Waals surface area (Å²) in [7, 11) is 0. The van der Waals surface area contributed by atoms with Crippen LogP contribution < -0.4 is 10.1 Å². The van der Waals surface area contributed by atoms with Crippen molar-refractivity contribution in [3.05, 3.63) is 118 Å². The highest BCUT2D eigenvalue weighted by atomic mass is 16.5. The highest BCUT2D eigenvalue weighted by molar-refractivity contribution is 6.05. The average molecular weight is 757 g/mol. The molecule has 3 aromatic rings. The van der Waals surface area contributed by atoms with Gasteiger partial charge in [-0.2, -0.15) is 0 Å². The first-order chi connectivity index (χ1) is 27.2. The van der Waals surface area contributed by atoms with E-state index in [0.717, 1.165) is 68.7 Å². The molecule has 1 unspecified atom stereocenters. The van der Waals surface area contributed by atoms with E-state index in [9.17, 15) is 24.3 Å². The lowest BCUT2D eigenvalue weighted by Gasteiger charge is -2.37. The fourth-order valence-corrected chi connectivity index (χ4v) is 9.34. The summed E-state index contributed by atoms with van der Waals surface area (Å²) in [5, 5.41) is 12.5. The number of ketones is 1. The second-order valence-electron chi connectivity index (χ2n) is 16.2. The van der Waals surface area contributed by atoms with Crippen molar-refractivity contribution >= 4 is 23.5 Å². The first-order valence-electron chi connectivity index (χ1n) is 20.4. The van der Waals surface area contributed by atoms with Crippen LogP contribution in [0.5, 0.6) is 11.5 Å². The van der Waals surface area contributed by atoms with E-state index in [1.807, 2.05) is 24.3 Å². The predicted molar refractivity (Wildman–Crippen MR) is 213 cm³/mol. The Balaban J connectivity index is 0.787. The molecule has 2 saturated heterocycles. The van der Waals surface area contributed by atoms with E-state index in [1.165, 1.54) is 22.3 Å². The number of Topliss-reactive ketones (excluding diaryl/α,β-unsaturated/α-hetero) is 1. The zero-order valence-corrected chi connectivity index (χ0v) is 32.3. The molecular formula is C46H52N4O6. The Morgan fingerprint density at radius 2 is 1.75 bits per heavy atom. The van der Waals surface area contributed by atoms with Crippen LogP contribution in [0.3, 0.4) is 0 Å². The first kappa shape index (κ1) is 37.8. The second-order valence-corrected chi connectivity index (χ2v) is 16.2. The Morgan fingerprint density at radius 1 is 0.929 bits per heavy atom. The van der Waals surface area contributed by atoms with E-state index in [-0.39, 0.29) is 36.0 Å². The maximum atomic E-state index is 13.0. The molecule has 0 radical (unpaired) electrons. The van der Waals surface area contributed by atoms with Crippen LogP contribution in [0.4, 0.5) is 0 Å². The van der Waals surface area contributed by atoms with Gasteiger partial charge in [-0.05, 0) is 115 Å². The number of rotatable bonds is 12. The fraction of sp³-hybridized carbons (Fsp3) is 0.435. The van der Waals surface area contributed by atoms with Gasteiger partial charge in [-0.25, -0.2) is 0 Å². The largest absolute Gasteiger partial charge is 0.508 e. The quantitative estimate of drug-likeness (QED) is 0.226. The summed E-state index contributed by atoms with van der Waals surface area (Å²) in [4.78, 5) is 56.2. The molecule has 56 heavy (non-hydrogen) atoms. The molecule has 292 valence electrons. The fourth-order valence-electron chi connectivity index (χ4n) is 9.34. The van der Waals surface area contributed by atoms with Crippen molar-refractivity contribution in [3.63, 3.8) is 0 Å². The van der Waals surface area contributed by atoms with Gasteiger partial charge in [0.2, 0.25) is 11.8 Å². The number of carbonyl (C=O) groups is 4. The minimum Gasteiger partial charge on any atom is -0.508 e.